The highest BCUT2D eigenvalue weighted by Gasteiger charge is 2.18. The van der Waals surface area contributed by atoms with Crippen LogP contribution in [0.4, 0.5) is 0 Å². The van der Waals surface area contributed by atoms with Crippen LogP contribution in [-0.4, -0.2) is 52.3 Å². The van der Waals surface area contributed by atoms with Crippen molar-refractivity contribution in [2.24, 2.45) is 5.92 Å². The molecule has 3 rings (SSSR count). The van der Waals surface area contributed by atoms with E-state index in [0.717, 1.165) is 54.7 Å². The predicted molar refractivity (Wildman–Crippen MR) is 125 cm³/mol. The number of aryl methyl sites for hydroxylation is 1. The molecule has 0 saturated carbocycles. The number of H-pyrrole nitrogens is 1. The topological polar surface area (TPSA) is 114 Å². The molecular weight excluding hydrogens is 406 g/mol. The molecule has 0 radical (unpaired) electrons. The molecule has 1 amide bonds. The molecule has 1 aliphatic rings. The van der Waals surface area contributed by atoms with Crippen molar-refractivity contribution < 1.29 is 19.8 Å². The van der Waals surface area contributed by atoms with Gasteiger partial charge in [-0.05, 0) is 69.2 Å². The van der Waals surface area contributed by atoms with Crippen molar-refractivity contribution in [1.82, 2.24) is 15.6 Å². The first kappa shape index (κ1) is 24.3. The number of aliphatic hydroxyl groups excluding tert-OH is 1. The summed E-state index contributed by atoms with van der Waals surface area (Å²) in [7, 11) is 0. The number of carbonyl (C=O) groups excluding carboxylic acids is 1. The molecule has 5 N–H and O–H groups in total. The summed E-state index contributed by atoms with van der Waals surface area (Å²) in [5.41, 5.74) is 2.17. The van der Waals surface area contributed by atoms with E-state index in [0.29, 0.717) is 19.3 Å². The number of aromatic nitrogens is 1. The summed E-state index contributed by atoms with van der Waals surface area (Å²) in [6.45, 7) is 2.18. The van der Waals surface area contributed by atoms with Gasteiger partial charge in [0.15, 0.2) is 0 Å². The Balaban J connectivity index is 1.39. The minimum absolute atomic E-state index is 0.104. The molecule has 1 aromatic carbocycles. The lowest BCUT2D eigenvalue weighted by Crippen LogP contribution is -2.37. The van der Waals surface area contributed by atoms with Gasteiger partial charge in [-0.25, -0.2) is 0 Å². The van der Waals surface area contributed by atoms with Crippen LogP contribution in [0.3, 0.4) is 0 Å². The van der Waals surface area contributed by atoms with E-state index in [1.54, 1.807) is 0 Å². The Morgan fingerprint density at radius 1 is 1.12 bits per heavy atom. The molecule has 1 saturated heterocycles. The fourth-order valence-corrected chi connectivity index (χ4v) is 4.66. The number of carbonyl (C=O) groups is 2. The van der Waals surface area contributed by atoms with E-state index in [1.807, 2.05) is 30.5 Å². The molecule has 1 aromatic heterocycles. The molecule has 0 spiro atoms. The summed E-state index contributed by atoms with van der Waals surface area (Å²) in [6.07, 6.45) is 8.50. The van der Waals surface area contributed by atoms with Crippen molar-refractivity contribution >= 4 is 22.8 Å². The number of hydrogen-bond donors (Lipinski definition) is 5. The number of para-hydroxylation sites is 1. The zero-order valence-electron chi connectivity index (χ0n) is 18.8. The Labute approximate surface area is 190 Å². The molecule has 2 heterocycles. The lowest BCUT2D eigenvalue weighted by Gasteiger charge is -2.22. The van der Waals surface area contributed by atoms with Gasteiger partial charge in [0.05, 0.1) is 12.5 Å². The molecule has 7 nitrogen and oxygen atoms in total. The monoisotopic (exact) mass is 443 g/mol. The summed E-state index contributed by atoms with van der Waals surface area (Å²) < 4.78 is 0. The van der Waals surface area contributed by atoms with Gasteiger partial charge in [0, 0.05) is 29.6 Å². The molecule has 0 aliphatic carbocycles. The van der Waals surface area contributed by atoms with Gasteiger partial charge in [0.25, 0.3) is 0 Å². The van der Waals surface area contributed by atoms with Crippen LogP contribution in [0.15, 0.2) is 30.5 Å². The Kier molecular flexibility index (Phi) is 9.56. The van der Waals surface area contributed by atoms with E-state index in [1.165, 1.54) is 12.8 Å². The summed E-state index contributed by atoms with van der Waals surface area (Å²) in [5, 5.41) is 26.9. The average Bonchev–Trinajstić information content (AvgIpc) is 3.19. The Hall–Kier alpha value is -2.38. The standard InChI is InChI=1S/C25H37N3O4/c29-21(5-3-4-18-12-14-26-15-13-18)10-11-24(30)28-20(16-25(31)32)9-8-19-17-27-23-7-2-1-6-22(19)23/h1-2,6-7,17-18,20-21,26-27,29H,3-5,8-16H2,(H,28,30)(H,31,32). The van der Waals surface area contributed by atoms with Crippen molar-refractivity contribution in [3.05, 3.63) is 36.0 Å². The molecule has 7 heteroatoms. The number of hydrogen-bond acceptors (Lipinski definition) is 4. The highest BCUT2D eigenvalue weighted by Crippen LogP contribution is 2.21. The highest BCUT2D eigenvalue weighted by molar-refractivity contribution is 5.83. The van der Waals surface area contributed by atoms with Crippen molar-refractivity contribution in [3.8, 4) is 0 Å². The first-order chi connectivity index (χ1) is 15.5. The molecule has 0 bridgehead atoms. The van der Waals surface area contributed by atoms with Crippen molar-refractivity contribution in [2.45, 2.75) is 76.4 Å². The second-order valence-electron chi connectivity index (χ2n) is 9.08. The summed E-state index contributed by atoms with van der Waals surface area (Å²) in [4.78, 5) is 26.9. The summed E-state index contributed by atoms with van der Waals surface area (Å²) in [5.74, 6) is -0.361. The number of benzene rings is 1. The third-order valence-electron chi connectivity index (χ3n) is 6.54. The van der Waals surface area contributed by atoms with Crippen molar-refractivity contribution in [1.29, 1.82) is 0 Å². The molecule has 1 aliphatic heterocycles. The predicted octanol–water partition coefficient (Wildman–Crippen LogP) is 3.37. The number of piperidine rings is 1. The number of amides is 1. The van der Waals surface area contributed by atoms with Crippen molar-refractivity contribution in [2.75, 3.05) is 13.1 Å². The molecule has 1 fully saturated rings. The van der Waals surface area contributed by atoms with E-state index < -0.39 is 18.1 Å². The van der Waals surface area contributed by atoms with E-state index in [-0.39, 0.29) is 18.7 Å². The maximum Gasteiger partial charge on any atom is 0.305 e. The van der Waals surface area contributed by atoms with E-state index in [4.69, 9.17) is 0 Å². The smallest absolute Gasteiger partial charge is 0.305 e. The zero-order chi connectivity index (χ0) is 22.8. The van der Waals surface area contributed by atoms with Gasteiger partial charge in [0.2, 0.25) is 5.91 Å². The number of aromatic amines is 1. The van der Waals surface area contributed by atoms with Crippen LogP contribution in [0.2, 0.25) is 0 Å². The van der Waals surface area contributed by atoms with Crippen LogP contribution in [-0.2, 0) is 16.0 Å². The van der Waals surface area contributed by atoms with Crippen LogP contribution in [0.5, 0.6) is 0 Å². The minimum Gasteiger partial charge on any atom is -0.481 e. The molecular formula is C25H37N3O4. The van der Waals surface area contributed by atoms with Gasteiger partial charge in [0.1, 0.15) is 0 Å². The van der Waals surface area contributed by atoms with Gasteiger partial charge in [-0.2, -0.15) is 0 Å². The van der Waals surface area contributed by atoms with E-state index in [9.17, 15) is 19.8 Å². The molecule has 32 heavy (non-hydrogen) atoms. The third-order valence-corrected chi connectivity index (χ3v) is 6.54. The fraction of sp³-hybridized carbons (Fsp3) is 0.600. The molecule has 2 unspecified atom stereocenters. The quantitative estimate of drug-likeness (QED) is 0.326. The van der Waals surface area contributed by atoms with Crippen LogP contribution in [0.25, 0.3) is 10.9 Å². The SMILES string of the molecule is O=C(O)CC(CCc1c[nH]c2ccccc12)NC(=O)CCC(O)CCCC1CCNCC1. The van der Waals surface area contributed by atoms with Crippen molar-refractivity contribution in [3.63, 3.8) is 0 Å². The zero-order valence-corrected chi connectivity index (χ0v) is 18.8. The largest absolute Gasteiger partial charge is 0.481 e. The van der Waals surface area contributed by atoms with Crippen LogP contribution in [0.1, 0.15) is 63.4 Å². The summed E-state index contributed by atoms with van der Waals surface area (Å²) in [6, 6.07) is 7.57. The number of rotatable bonds is 13. The van der Waals surface area contributed by atoms with Crippen LogP contribution >= 0.6 is 0 Å². The molecule has 2 aromatic rings. The number of nitrogens with one attached hydrogen (secondary N) is 3. The normalized spacial score (nSPS) is 16.7. The number of carboxylic acid groups (broad SMARTS) is 1. The first-order valence-corrected chi connectivity index (χ1v) is 12.0. The van der Waals surface area contributed by atoms with E-state index >= 15 is 0 Å². The van der Waals surface area contributed by atoms with Gasteiger partial charge in [-0.3, -0.25) is 9.59 Å². The highest BCUT2D eigenvalue weighted by atomic mass is 16.4. The van der Waals surface area contributed by atoms with Gasteiger partial charge >= 0.3 is 5.97 Å². The second-order valence-corrected chi connectivity index (χ2v) is 9.08. The lowest BCUT2D eigenvalue weighted by molar-refractivity contribution is -0.137. The van der Waals surface area contributed by atoms with E-state index in [2.05, 4.69) is 15.6 Å². The molecule has 2 atom stereocenters. The lowest BCUT2D eigenvalue weighted by atomic mass is 9.91. The third kappa shape index (κ3) is 7.95. The second kappa shape index (κ2) is 12.6. The minimum atomic E-state index is -0.924. The molecule has 176 valence electrons. The number of carboxylic acids is 1. The van der Waals surface area contributed by atoms with Crippen LogP contribution < -0.4 is 10.6 Å². The maximum absolute atomic E-state index is 12.4. The Morgan fingerprint density at radius 3 is 2.69 bits per heavy atom. The number of fused-ring (bicyclic) bond motifs is 1. The number of aliphatic hydroxyl groups is 1. The number of aliphatic carboxylic acids is 1. The Bertz CT molecular complexity index is 860. The van der Waals surface area contributed by atoms with Crippen LogP contribution in [0, 0.1) is 5.92 Å². The fourth-order valence-electron chi connectivity index (χ4n) is 4.66. The Morgan fingerprint density at radius 2 is 1.91 bits per heavy atom. The van der Waals surface area contributed by atoms with Gasteiger partial charge in [-0.1, -0.05) is 31.0 Å². The average molecular weight is 444 g/mol. The summed E-state index contributed by atoms with van der Waals surface area (Å²) >= 11 is 0. The van der Waals surface area contributed by atoms with Gasteiger partial charge < -0.3 is 25.8 Å². The van der Waals surface area contributed by atoms with Gasteiger partial charge in [-0.15, -0.1) is 0 Å². The maximum atomic E-state index is 12.4. The first-order valence-electron chi connectivity index (χ1n) is 12.0.